The Kier molecular flexibility index (Phi) is 5.08. The average Bonchev–Trinajstić information content (AvgIpc) is 2.71. The van der Waals surface area contributed by atoms with Crippen LogP contribution in [0.3, 0.4) is 0 Å². The Hall–Kier alpha value is -1.63. The van der Waals surface area contributed by atoms with Crippen molar-refractivity contribution in [1.29, 1.82) is 0 Å². The van der Waals surface area contributed by atoms with Crippen LogP contribution in [-0.4, -0.2) is 40.6 Å². The zero-order chi connectivity index (χ0) is 13.7. The van der Waals surface area contributed by atoms with E-state index < -0.39 is 11.9 Å². The van der Waals surface area contributed by atoms with Crippen molar-refractivity contribution in [2.24, 2.45) is 5.92 Å². The first-order chi connectivity index (χ1) is 8.41. The monoisotopic (exact) mass is 271 g/mol. The van der Waals surface area contributed by atoms with Crippen LogP contribution >= 0.6 is 11.3 Å². The van der Waals surface area contributed by atoms with Crippen LogP contribution in [-0.2, 0) is 11.3 Å². The van der Waals surface area contributed by atoms with E-state index in [1.807, 2.05) is 6.92 Å². The molecule has 0 aliphatic rings. The second-order valence-electron chi connectivity index (χ2n) is 4.14. The summed E-state index contributed by atoms with van der Waals surface area (Å²) in [6, 6.07) is -0.282. The first-order valence-corrected chi connectivity index (χ1v) is 6.40. The van der Waals surface area contributed by atoms with Gasteiger partial charge in [0.15, 0.2) is 0 Å². The minimum atomic E-state index is -0.920. The lowest BCUT2D eigenvalue weighted by molar-refractivity contribution is -0.140. The van der Waals surface area contributed by atoms with Gasteiger partial charge in [0.1, 0.15) is 0 Å². The van der Waals surface area contributed by atoms with Crippen LogP contribution in [0.15, 0.2) is 5.51 Å². The Morgan fingerprint density at radius 3 is 2.78 bits per heavy atom. The molecule has 0 aromatic carbocycles. The number of thiazole rings is 1. The van der Waals surface area contributed by atoms with Gasteiger partial charge in [-0.05, 0) is 6.92 Å². The van der Waals surface area contributed by atoms with E-state index in [-0.39, 0.29) is 12.6 Å². The van der Waals surface area contributed by atoms with Crippen LogP contribution in [0.25, 0.3) is 0 Å². The molecule has 100 valence electrons. The molecule has 18 heavy (non-hydrogen) atoms. The number of carboxylic acids is 1. The van der Waals surface area contributed by atoms with E-state index >= 15 is 0 Å². The third kappa shape index (κ3) is 3.99. The van der Waals surface area contributed by atoms with Crippen molar-refractivity contribution in [2.45, 2.75) is 20.4 Å². The summed E-state index contributed by atoms with van der Waals surface area (Å²) in [4.78, 5) is 29.0. The van der Waals surface area contributed by atoms with Crippen LogP contribution < -0.4 is 5.32 Å². The number of nitrogens with one attached hydrogen (secondary N) is 1. The first-order valence-electron chi connectivity index (χ1n) is 5.52. The van der Waals surface area contributed by atoms with Crippen molar-refractivity contribution in [2.75, 3.05) is 13.6 Å². The van der Waals surface area contributed by atoms with E-state index in [2.05, 4.69) is 10.3 Å². The summed E-state index contributed by atoms with van der Waals surface area (Å²) in [6.45, 7) is 4.05. The molecule has 0 bridgehead atoms. The second kappa shape index (κ2) is 6.34. The third-order valence-electron chi connectivity index (χ3n) is 2.55. The number of urea groups is 1. The Morgan fingerprint density at radius 2 is 2.28 bits per heavy atom. The van der Waals surface area contributed by atoms with Crippen molar-refractivity contribution < 1.29 is 14.7 Å². The van der Waals surface area contributed by atoms with Gasteiger partial charge in [-0.2, -0.15) is 0 Å². The van der Waals surface area contributed by atoms with E-state index in [9.17, 15) is 9.59 Å². The predicted molar refractivity (Wildman–Crippen MR) is 68.5 cm³/mol. The van der Waals surface area contributed by atoms with Gasteiger partial charge in [0, 0.05) is 18.5 Å². The highest BCUT2D eigenvalue weighted by atomic mass is 32.1. The molecule has 0 aliphatic carbocycles. The summed E-state index contributed by atoms with van der Waals surface area (Å²) in [6.07, 6.45) is 0. The van der Waals surface area contributed by atoms with Gasteiger partial charge in [0.2, 0.25) is 0 Å². The molecular formula is C11H17N3O3S. The molecule has 0 saturated carbocycles. The number of aromatic nitrogens is 1. The number of hydrogen-bond donors (Lipinski definition) is 2. The molecule has 1 heterocycles. The minimum absolute atomic E-state index is 0.125. The maximum atomic E-state index is 11.7. The number of aryl methyl sites for hydroxylation is 1. The molecule has 0 aliphatic heterocycles. The van der Waals surface area contributed by atoms with Crippen molar-refractivity contribution >= 4 is 23.3 Å². The molecular weight excluding hydrogens is 254 g/mol. The van der Waals surface area contributed by atoms with Crippen LogP contribution in [0.2, 0.25) is 0 Å². The maximum absolute atomic E-state index is 11.7. The fraction of sp³-hybridized carbons (Fsp3) is 0.545. The zero-order valence-corrected chi connectivity index (χ0v) is 11.5. The standard InChI is InChI=1S/C11H17N3O3S/c1-7(10(15)16)4-12-11(17)14(3)5-9-8(2)13-6-18-9/h6-7H,4-5H2,1-3H3,(H,12,17)(H,15,16). The first kappa shape index (κ1) is 14.4. The number of hydrogen-bond acceptors (Lipinski definition) is 4. The van der Waals surface area contributed by atoms with Gasteiger partial charge >= 0.3 is 12.0 Å². The van der Waals surface area contributed by atoms with Gasteiger partial charge in [-0.3, -0.25) is 4.79 Å². The van der Waals surface area contributed by atoms with E-state index in [0.717, 1.165) is 10.6 Å². The summed E-state index contributed by atoms with van der Waals surface area (Å²) in [5, 5.41) is 11.3. The highest BCUT2D eigenvalue weighted by molar-refractivity contribution is 7.09. The molecule has 2 N–H and O–H groups in total. The summed E-state index contributed by atoms with van der Waals surface area (Å²) in [5.41, 5.74) is 2.65. The third-order valence-corrected chi connectivity index (χ3v) is 3.47. The Balaban J connectivity index is 2.42. The van der Waals surface area contributed by atoms with E-state index in [1.165, 1.54) is 16.2 Å². The lowest BCUT2D eigenvalue weighted by Gasteiger charge is -2.18. The molecule has 0 radical (unpaired) electrons. The number of carbonyl (C=O) groups is 2. The second-order valence-corrected chi connectivity index (χ2v) is 5.08. The minimum Gasteiger partial charge on any atom is -0.481 e. The van der Waals surface area contributed by atoms with Crippen LogP contribution in [0.1, 0.15) is 17.5 Å². The van der Waals surface area contributed by atoms with Crippen molar-refractivity contribution in [3.8, 4) is 0 Å². The molecule has 7 heteroatoms. The molecule has 1 unspecified atom stereocenters. The van der Waals surface area contributed by atoms with Crippen LogP contribution in [0.4, 0.5) is 4.79 Å². The summed E-state index contributed by atoms with van der Waals surface area (Å²) < 4.78 is 0. The number of carboxylic acid groups (broad SMARTS) is 1. The SMILES string of the molecule is Cc1ncsc1CN(C)C(=O)NCC(C)C(=O)O. The van der Waals surface area contributed by atoms with Crippen molar-refractivity contribution in [1.82, 2.24) is 15.2 Å². The quantitative estimate of drug-likeness (QED) is 0.846. The van der Waals surface area contributed by atoms with Gasteiger partial charge in [-0.25, -0.2) is 9.78 Å². The number of carbonyl (C=O) groups excluding carboxylic acids is 1. The van der Waals surface area contributed by atoms with E-state index in [1.54, 1.807) is 19.5 Å². The van der Waals surface area contributed by atoms with Gasteiger partial charge in [0.25, 0.3) is 0 Å². The fourth-order valence-corrected chi connectivity index (χ4v) is 2.06. The number of aliphatic carboxylic acids is 1. The molecule has 6 nitrogen and oxygen atoms in total. The fourth-order valence-electron chi connectivity index (χ4n) is 1.23. The van der Waals surface area contributed by atoms with Crippen LogP contribution in [0, 0.1) is 12.8 Å². The van der Waals surface area contributed by atoms with E-state index in [4.69, 9.17) is 5.11 Å². The number of rotatable bonds is 5. The summed E-state index contributed by atoms with van der Waals surface area (Å²) >= 11 is 1.50. The van der Waals surface area contributed by atoms with Gasteiger partial charge in [-0.15, -0.1) is 11.3 Å². The average molecular weight is 271 g/mol. The summed E-state index contributed by atoms with van der Waals surface area (Å²) in [5.74, 6) is -1.51. The molecule has 1 aromatic heterocycles. The normalized spacial score (nSPS) is 11.9. The van der Waals surface area contributed by atoms with Gasteiger partial charge in [-0.1, -0.05) is 6.92 Å². The van der Waals surface area contributed by atoms with Gasteiger partial charge < -0.3 is 15.3 Å². The number of nitrogens with zero attached hydrogens (tertiary/aromatic N) is 2. The topological polar surface area (TPSA) is 82.5 Å². The highest BCUT2D eigenvalue weighted by Gasteiger charge is 2.15. The molecule has 1 rings (SSSR count). The lowest BCUT2D eigenvalue weighted by Crippen LogP contribution is -2.40. The molecule has 0 saturated heterocycles. The van der Waals surface area contributed by atoms with E-state index in [0.29, 0.717) is 6.54 Å². The smallest absolute Gasteiger partial charge is 0.317 e. The Morgan fingerprint density at radius 1 is 1.61 bits per heavy atom. The molecule has 1 aromatic rings. The summed E-state index contributed by atoms with van der Waals surface area (Å²) in [7, 11) is 1.67. The van der Waals surface area contributed by atoms with Crippen LogP contribution in [0.5, 0.6) is 0 Å². The van der Waals surface area contributed by atoms with Crippen molar-refractivity contribution in [3.05, 3.63) is 16.1 Å². The zero-order valence-electron chi connectivity index (χ0n) is 10.6. The molecule has 2 amide bonds. The van der Waals surface area contributed by atoms with Gasteiger partial charge in [0.05, 0.1) is 23.7 Å². The number of amides is 2. The predicted octanol–water partition coefficient (Wildman–Crippen LogP) is 1.31. The lowest BCUT2D eigenvalue weighted by atomic mass is 10.2. The molecule has 0 spiro atoms. The Bertz CT molecular complexity index is 433. The largest absolute Gasteiger partial charge is 0.481 e. The van der Waals surface area contributed by atoms with Crippen molar-refractivity contribution in [3.63, 3.8) is 0 Å². The highest BCUT2D eigenvalue weighted by Crippen LogP contribution is 2.14. The molecule has 0 fully saturated rings. The Labute approximate surface area is 110 Å². The maximum Gasteiger partial charge on any atom is 0.317 e. The molecule has 1 atom stereocenters.